The molecule has 10 nitrogen and oxygen atoms in total. The molecule has 1 aromatic heterocycles. The van der Waals surface area contributed by atoms with Gasteiger partial charge in [0, 0.05) is 54.5 Å². The van der Waals surface area contributed by atoms with Gasteiger partial charge in [-0.1, -0.05) is 22.8 Å². The first-order chi connectivity index (χ1) is 20.0. The zero-order chi connectivity index (χ0) is 30.4. The molecule has 42 heavy (non-hydrogen) atoms. The van der Waals surface area contributed by atoms with Gasteiger partial charge in [-0.3, -0.25) is 14.2 Å². The molecule has 0 saturated carbocycles. The van der Waals surface area contributed by atoms with Crippen LogP contribution in [0.15, 0.2) is 64.7 Å². The predicted molar refractivity (Wildman–Crippen MR) is 161 cm³/mol. The van der Waals surface area contributed by atoms with E-state index in [4.69, 9.17) is 30.6 Å². The Kier molecular flexibility index (Phi) is 9.70. The van der Waals surface area contributed by atoms with Gasteiger partial charge in [0.2, 0.25) is 5.91 Å². The van der Waals surface area contributed by atoms with Crippen LogP contribution in [0, 0.1) is 0 Å². The van der Waals surface area contributed by atoms with Crippen LogP contribution in [0.25, 0.3) is 11.1 Å². The Morgan fingerprint density at radius 3 is 2.43 bits per heavy atom. The monoisotopic (exact) mass is 595 g/mol. The zero-order valence-corrected chi connectivity index (χ0v) is 25.0. The van der Waals surface area contributed by atoms with Crippen molar-refractivity contribution in [1.29, 1.82) is 0 Å². The van der Waals surface area contributed by atoms with Crippen molar-refractivity contribution in [3.63, 3.8) is 0 Å². The number of aromatic nitrogens is 1. The number of oxime groups is 1. The molecule has 0 fully saturated rings. The first-order valence-corrected chi connectivity index (χ1v) is 13.8. The summed E-state index contributed by atoms with van der Waals surface area (Å²) >= 11 is 6.33. The molecule has 11 heteroatoms. The lowest BCUT2D eigenvalue weighted by Crippen LogP contribution is -2.34. The van der Waals surface area contributed by atoms with E-state index in [1.54, 1.807) is 57.2 Å². The van der Waals surface area contributed by atoms with Crippen LogP contribution >= 0.6 is 11.6 Å². The van der Waals surface area contributed by atoms with Gasteiger partial charge in [-0.05, 0) is 62.7 Å². The molecule has 0 radical (unpaired) electrons. The molecular weight excluding hydrogens is 562 g/mol. The number of methoxy groups -OCH3 is 2. The molecule has 0 bridgehead atoms. The van der Waals surface area contributed by atoms with Crippen molar-refractivity contribution in [3.8, 4) is 16.9 Å². The van der Waals surface area contributed by atoms with Crippen molar-refractivity contribution < 1.29 is 28.6 Å². The van der Waals surface area contributed by atoms with Crippen LogP contribution in [0.4, 0.5) is 5.69 Å². The zero-order valence-electron chi connectivity index (χ0n) is 24.2. The molecule has 0 spiro atoms. The number of hydrogen-bond donors (Lipinski definition) is 1. The minimum Gasteiger partial charge on any atom is -0.495 e. The Bertz CT molecular complexity index is 1540. The fourth-order valence-corrected chi connectivity index (χ4v) is 4.68. The molecule has 0 saturated heterocycles. The van der Waals surface area contributed by atoms with Crippen molar-refractivity contribution in [2.24, 2.45) is 5.16 Å². The summed E-state index contributed by atoms with van der Waals surface area (Å²) in [5, 5.41) is 7.45. The molecule has 1 N–H and O–H groups in total. The summed E-state index contributed by atoms with van der Waals surface area (Å²) in [6.07, 6.45) is 2.35. The molecule has 2 heterocycles. The summed E-state index contributed by atoms with van der Waals surface area (Å²) in [5.74, 6) is -0.531. The van der Waals surface area contributed by atoms with Crippen molar-refractivity contribution in [2.75, 3.05) is 32.8 Å². The second kappa shape index (κ2) is 13.2. The topological polar surface area (TPSA) is 117 Å². The van der Waals surface area contributed by atoms with Gasteiger partial charge in [0.25, 0.3) is 5.56 Å². The van der Waals surface area contributed by atoms with Gasteiger partial charge < -0.3 is 24.4 Å². The minimum absolute atomic E-state index is 0.220. The molecular formula is C31H34ClN3O7. The lowest BCUT2D eigenvalue weighted by molar-refractivity contribution is -0.119. The van der Waals surface area contributed by atoms with Crippen LogP contribution < -0.4 is 15.6 Å². The van der Waals surface area contributed by atoms with Crippen LogP contribution in [0.1, 0.15) is 55.6 Å². The minimum atomic E-state index is -0.919. The fourth-order valence-electron chi connectivity index (χ4n) is 4.51. The van der Waals surface area contributed by atoms with Gasteiger partial charge in [0.05, 0.1) is 24.6 Å². The van der Waals surface area contributed by atoms with E-state index in [1.165, 1.54) is 31.0 Å². The molecule has 1 amide bonds. The van der Waals surface area contributed by atoms with E-state index in [2.05, 4.69) is 10.5 Å². The highest BCUT2D eigenvalue weighted by Crippen LogP contribution is 2.35. The van der Waals surface area contributed by atoms with Crippen molar-refractivity contribution in [1.82, 2.24) is 4.57 Å². The smallest absolute Gasteiger partial charge is 0.338 e. The number of ether oxygens (including phenoxy) is 3. The third-order valence-corrected chi connectivity index (χ3v) is 6.71. The van der Waals surface area contributed by atoms with Gasteiger partial charge in [-0.2, -0.15) is 0 Å². The third-order valence-electron chi connectivity index (χ3n) is 6.47. The molecule has 3 aromatic rings. The number of hydrogen-bond acceptors (Lipinski definition) is 8. The largest absolute Gasteiger partial charge is 0.495 e. The summed E-state index contributed by atoms with van der Waals surface area (Å²) in [6, 6.07) is 12.2. The Morgan fingerprint density at radius 1 is 1.07 bits per heavy atom. The maximum Gasteiger partial charge on any atom is 0.338 e. The van der Waals surface area contributed by atoms with Crippen LogP contribution in [0.3, 0.4) is 0 Å². The van der Waals surface area contributed by atoms with Gasteiger partial charge in [0.15, 0.2) is 0 Å². The number of esters is 1. The fraction of sp³-hybridized carbons (Fsp3) is 0.355. The first-order valence-electron chi connectivity index (χ1n) is 13.4. The third kappa shape index (κ3) is 7.37. The molecule has 2 aromatic carbocycles. The lowest BCUT2D eigenvalue weighted by Gasteiger charge is -2.22. The van der Waals surface area contributed by atoms with E-state index < -0.39 is 29.1 Å². The molecule has 1 aliphatic heterocycles. The summed E-state index contributed by atoms with van der Waals surface area (Å²) in [6.45, 7) is 6.06. The summed E-state index contributed by atoms with van der Waals surface area (Å²) in [7, 11) is 3.01. The summed E-state index contributed by atoms with van der Waals surface area (Å²) in [4.78, 5) is 44.6. The number of carbonyl (C=O) groups is 2. The highest BCUT2D eigenvalue weighted by atomic mass is 35.5. The number of halogens is 1. The Balaban J connectivity index is 1.65. The van der Waals surface area contributed by atoms with Crippen molar-refractivity contribution in [2.45, 2.75) is 45.3 Å². The maximum atomic E-state index is 13.5. The normalized spacial score (nSPS) is 13.6. The van der Waals surface area contributed by atoms with E-state index in [0.717, 1.165) is 11.3 Å². The van der Waals surface area contributed by atoms with E-state index in [1.807, 2.05) is 6.07 Å². The number of amides is 1. The first kappa shape index (κ1) is 30.8. The van der Waals surface area contributed by atoms with Crippen LogP contribution in [0.2, 0.25) is 5.02 Å². The molecule has 222 valence electrons. The number of anilines is 1. The number of pyridine rings is 1. The lowest BCUT2D eigenvalue weighted by atomic mass is 9.95. The highest BCUT2D eigenvalue weighted by molar-refractivity contribution is 6.31. The molecule has 0 aliphatic carbocycles. The Labute approximate surface area is 249 Å². The molecule has 1 unspecified atom stereocenters. The van der Waals surface area contributed by atoms with Crippen LogP contribution in [0.5, 0.6) is 5.75 Å². The van der Waals surface area contributed by atoms with Gasteiger partial charge in [-0.25, -0.2) is 4.79 Å². The van der Waals surface area contributed by atoms with E-state index in [-0.39, 0.29) is 13.0 Å². The summed E-state index contributed by atoms with van der Waals surface area (Å²) in [5.41, 5.74) is 2.44. The Hall–Kier alpha value is -4.15. The number of nitrogens with one attached hydrogen (secondary N) is 1. The Morgan fingerprint density at radius 2 is 1.81 bits per heavy atom. The number of benzene rings is 2. The number of rotatable bonds is 10. The SMILES string of the molecule is COCCC(C(=O)Nc1ccc(C(=O)OC(C)(C)C)cc1)n1cc(OC)c(-c2cc(Cl)ccc2C2=NOCC2)cc1=O. The predicted octanol–water partition coefficient (Wildman–Crippen LogP) is 5.47. The average Bonchev–Trinajstić information content (AvgIpc) is 3.48. The standard InChI is InChI=1S/C31H34ClN3O7/c1-31(2,3)42-30(38)19-6-9-21(10-7-19)33-29(37)26(13-14-39-4)35-18-27(40-5)24(17-28(35)36)23-16-20(32)8-11-22(23)25-12-15-41-34-25/h6-11,16-18,26H,12-15H2,1-5H3,(H,33,37). The maximum absolute atomic E-state index is 13.5. The quantitative estimate of drug-likeness (QED) is 0.309. The second-order valence-electron chi connectivity index (χ2n) is 10.7. The van der Waals surface area contributed by atoms with Crippen LogP contribution in [-0.2, 0) is 19.1 Å². The average molecular weight is 596 g/mol. The van der Waals surface area contributed by atoms with Gasteiger partial charge in [0.1, 0.15) is 24.0 Å². The molecule has 1 atom stereocenters. The van der Waals surface area contributed by atoms with E-state index in [9.17, 15) is 14.4 Å². The number of nitrogens with zero attached hydrogens (tertiary/aromatic N) is 2. The number of carbonyl (C=O) groups excluding carboxylic acids is 2. The molecule has 1 aliphatic rings. The van der Waals surface area contributed by atoms with E-state index >= 15 is 0 Å². The van der Waals surface area contributed by atoms with Gasteiger partial charge >= 0.3 is 5.97 Å². The van der Waals surface area contributed by atoms with Crippen molar-refractivity contribution in [3.05, 3.63) is 81.2 Å². The second-order valence-corrected chi connectivity index (χ2v) is 11.1. The highest BCUT2D eigenvalue weighted by Gasteiger charge is 2.25. The van der Waals surface area contributed by atoms with Gasteiger partial charge in [-0.15, -0.1) is 0 Å². The molecule has 4 rings (SSSR count). The van der Waals surface area contributed by atoms with Crippen LogP contribution in [-0.4, -0.2) is 55.2 Å². The van der Waals surface area contributed by atoms with E-state index in [0.29, 0.717) is 46.2 Å². The van der Waals surface area contributed by atoms with Crippen molar-refractivity contribution >= 4 is 34.9 Å². The summed E-state index contributed by atoms with van der Waals surface area (Å²) < 4.78 is 17.6.